The van der Waals surface area contributed by atoms with Crippen molar-refractivity contribution in [1.29, 1.82) is 0 Å². The van der Waals surface area contributed by atoms with E-state index < -0.39 is 0 Å². The molecule has 0 saturated carbocycles. The molecule has 3 heterocycles. The van der Waals surface area contributed by atoms with Crippen LogP contribution in [0.2, 0.25) is 0 Å². The van der Waals surface area contributed by atoms with Gasteiger partial charge in [-0.1, -0.05) is 18.2 Å². The van der Waals surface area contributed by atoms with Crippen LogP contribution in [0, 0.1) is 0 Å². The molecular weight excluding hydrogens is 414 g/mol. The van der Waals surface area contributed by atoms with Gasteiger partial charge in [0.15, 0.2) is 15.3 Å². The second kappa shape index (κ2) is 8.84. The zero-order valence-corrected chi connectivity index (χ0v) is 17.7. The Morgan fingerprint density at radius 3 is 2.71 bits per heavy atom. The molecule has 0 radical (unpaired) electrons. The molecule has 0 atom stereocenters. The highest BCUT2D eigenvalue weighted by atomic mass is 32.2. The molecule has 0 aliphatic rings. The van der Waals surface area contributed by atoms with E-state index in [2.05, 4.69) is 37.9 Å². The highest BCUT2D eigenvalue weighted by molar-refractivity contribution is 8.00. The Morgan fingerprint density at radius 2 is 2.00 bits per heavy atom. The first-order valence-corrected chi connectivity index (χ1v) is 10.9. The number of thiophene rings is 1. The molecular formula is C18H18N5O2S3+. The van der Waals surface area contributed by atoms with Gasteiger partial charge in [-0.05, 0) is 52.2 Å². The van der Waals surface area contributed by atoms with Crippen LogP contribution in [0.4, 0.5) is 5.00 Å². The lowest BCUT2D eigenvalue weighted by atomic mass is 10.2. The highest BCUT2D eigenvalue weighted by Crippen LogP contribution is 2.34. The Kier molecular flexibility index (Phi) is 6.03. The summed E-state index contributed by atoms with van der Waals surface area (Å²) in [6.45, 7) is 0.662. The maximum absolute atomic E-state index is 5.26. The van der Waals surface area contributed by atoms with Crippen molar-refractivity contribution < 1.29 is 15.1 Å². The molecule has 0 fully saturated rings. The van der Waals surface area contributed by atoms with Gasteiger partial charge in [-0.25, -0.2) is 9.82 Å². The number of aromatic nitrogens is 4. The number of nitrogens with two attached hydrogens (primary N) is 1. The van der Waals surface area contributed by atoms with Crippen molar-refractivity contribution in [2.75, 3.05) is 14.2 Å². The molecule has 7 nitrogen and oxygen atoms in total. The first-order valence-electron chi connectivity index (χ1n) is 8.36. The van der Waals surface area contributed by atoms with Gasteiger partial charge in [0, 0.05) is 0 Å². The van der Waals surface area contributed by atoms with Crippen LogP contribution in [0.3, 0.4) is 0 Å². The van der Waals surface area contributed by atoms with Gasteiger partial charge < -0.3 is 4.74 Å². The van der Waals surface area contributed by atoms with Gasteiger partial charge in [-0.2, -0.15) is 5.48 Å². The van der Waals surface area contributed by atoms with Crippen LogP contribution in [0.5, 0.6) is 5.75 Å². The smallest absolute Gasteiger partial charge is 0.238 e. The minimum atomic E-state index is 0.662. The van der Waals surface area contributed by atoms with E-state index in [1.165, 1.54) is 11.8 Å². The molecule has 0 aliphatic carbocycles. The lowest BCUT2D eigenvalue weighted by Crippen LogP contribution is -2.75. The van der Waals surface area contributed by atoms with E-state index in [1.54, 1.807) is 48.6 Å². The summed E-state index contributed by atoms with van der Waals surface area (Å²) in [5.74, 6) is 1.69. The Bertz CT molecular complexity index is 1030. The molecule has 3 aromatic heterocycles. The zero-order chi connectivity index (χ0) is 19.3. The average Bonchev–Trinajstić information content (AvgIpc) is 3.46. The number of thiazole rings is 1. The van der Waals surface area contributed by atoms with Crippen molar-refractivity contribution in [3.63, 3.8) is 0 Å². The quantitative estimate of drug-likeness (QED) is 0.430. The summed E-state index contributed by atoms with van der Waals surface area (Å²) in [5.41, 5.74) is 2.83. The average molecular weight is 433 g/mol. The minimum Gasteiger partial charge on any atom is -0.497 e. The van der Waals surface area contributed by atoms with Crippen molar-refractivity contribution in [3.8, 4) is 16.5 Å². The largest absolute Gasteiger partial charge is 0.497 e. The van der Waals surface area contributed by atoms with E-state index in [4.69, 9.17) is 9.57 Å². The first kappa shape index (κ1) is 19.1. The fraction of sp³-hybridized carbons (Fsp3) is 0.167. The van der Waals surface area contributed by atoms with Crippen molar-refractivity contribution in [2.24, 2.45) is 0 Å². The molecule has 0 amide bonds. The Hall–Kier alpha value is -2.24. The second-order valence-corrected chi connectivity index (χ2v) is 8.93. The topological polar surface area (TPSA) is 78.7 Å². The van der Waals surface area contributed by atoms with Crippen LogP contribution in [0.25, 0.3) is 10.7 Å². The molecule has 4 rings (SSSR count). The first-order chi connectivity index (χ1) is 13.8. The van der Waals surface area contributed by atoms with Gasteiger partial charge in [0.1, 0.15) is 11.9 Å². The highest BCUT2D eigenvalue weighted by Gasteiger charge is 2.18. The van der Waals surface area contributed by atoms with E-state index in [0.29, 0.717) is 6.54 Å². The van der Waals surface area contributed by atoms with Crippen LogP contribution in [-0.2, 0) is 11.4 Å². The van der Waals surface area contributed by atoms with Gasteiger partial charge in [-0.15, -0.1) is 21.5 Å². The predicted octanol–water partition coefficient (Wildman–Crippen LogP) is 3.43. The molecule has 4 aromatic rings. The normalized spacial score (nSPS) is 11.1. The van der Waals surface area contributed by atoms with Crippen LogP contribution >= 0.6 is 34.4 Å². The lowest BCUT2D eigenvalue weighted by molar-refractivity contribution is -0.827. The third-order valence-electron chi connectivity index (χ3n) is 3.87. The summed E-state index contributed by atoms with van der Waals surface area (Å²) in [4.78, 5) is 10.6. The third-order valence-corrected chi connectivity index (χ3v) is 6.72. The van der Waals surface area contributed by atoms with Crippen molar-refractivity contribution in [1.82, 2.24) is 19.7 Å². The van der Waals surface area contributed by atoms with E-state index in [-0.39, 0.29) is 0 Å². The number of ether oxygens (including phenoxy) is 1. The fourth-order valence-corrected chi connectivity index (χ4v) is 5.13. The Morgan fingerprint density at radius 1 is 1.14 bits per heavy atom. The van der Waals surface area contributed by atoms with E-state index in [9.17, 15) is 0 Å². The molecule has 0 saturated heterocycles. The van der Waals surface area contributed by atoms with E-state index in [0.717, 1.165) is 36.5 Å². The Balaban J connectivity index is 1.65. The number of benzene rings is 1. The van der Waals surface area contributed by atoms with E-state index in [1.807, 2.05) is 23.6 Å². The number of quaternary nitrogens is 1. The van der Waals surface area contributed by atoms with Crippen LogP contribution in [0.15, 0.2) is 57.5 Å². The van der Waals surface area contributed by atoms with Crippen LogP contribution in [-0.4, -0.2) is 34.0 Å². The predicted molar refractivity (Wildman–Crippen MR) is 110 cm³/mol. The summed E-state index contributed by atoms with van der Waals surface area (Å²) < 4.78 is 8.28. The van der Waals surface area contributed by atoms with Gasteiger partial charge >= 0.3 is 0 Å². The summed E-state index contributed by atoms with van der Waals surface area (Å²) in [6, 6.07) is 12.1. The standard InChI is InChI=1S/C18H17N5O2S3/c1-24-13-7-5-12(6-8-13)11-23-16(14-4-3-9-26-14)20-21-17(23)28-18-19-10-15(27-18)22-25-2/h3-10,22H,11H2,1-2H3/p+1. The maximum Gasteiger partial charge on any atom is 0.238 e. The molecule has 0 bridgehead atoms. The monoisotopic (exact) mass is 432 g/mol. The number of hydrogen-bond acceptors (Lipinski definition) is 8. The SMILES string of the molecule is CO[NH2+]c1cnc(Sc2nnc(-c3cccs3)n2Cc2ccc(OC)cc2)s1. The van der Waals surface area contributed by atoms with Crippen LogP contribution in [0.1, 0.15) is 5.56 Å². The summed E-state index contributed by atoms with van der Waals surface area (Å²) in [5, 5.41) is 12.7. The van der Waals surface area contributed by atoms with Crippen LogP contribution < -0.4 is 10.2 Å². The van der Waals surface area contributed by atoms with Gasteiger partial charge in [0.25, 0.3) is 0 Å². The third kappa shape index (κ3) is 4.26. The molecule has 2 N–H and O–H groups in total. The fourth-order valence-electron chi connectivity index (χ4n) is 2.57. The summed E-state index contributed by atoms with van der Waals surface area (Å²) in [6.07, 6.45) is 1.79. The zero-order valence-electron chi connectivity index (χ0n) is 15.2. The van der Waals surface area contributed by atoms with Crippen molar-refractivity contribution >= 4 is 39.4 Å². The summed E-state index contributed by atoms with van der Waals surface area (Å²) >= 11 is 4.71. The van der Waals surface area contributed by atoms with Gasteiger partial charge in [0.2, 0.25) is 5.00 Å². The number of nitrogens with zero attached hydrogens (tertiary/aromatic N) is 4. The molecule has 28 heavy (non-hydrogen) atoms. The van der Waals surface area contributed by atoms with Crippen molar-refractivity contribution in [3.05, 3.63) is 53.5 Å². The molecule has 0 spiro atoms. The van der Waals surface area contributed by atoms with E-state index >= 15 is 0 Å². The molecule has 10 heteroatoms. The van der Waals surface area contributed by atoms with Crippen molar-refractivity contribution in [2.45, 2.75) is 16.0 Å². The molecule has 0 unspecified atom stereocenters. The van der Waals surface area contributed by atoms with Gasteiger partial charge in [-0.3, -0.25) is 4.57 Å². The molecule has 0 aliphatic heterocycles. The minimum absolute atomic E-state index is 0.662. The molecule has 1 aromatic carbocycles. The molecule has 144 valence electrons. The Labute approximate surface area is 174 Å². The number of hydrogen-bond donors (Lipinski definition) is 1. The number of rotatable bonds is 8. The summed E-state index contributed by atoms with van der Waals surface area (Å²) in [7, 11) is 3.30. The second-order valence-electron chi connectivity index (χ2n) is 5.70. The lowest BCUT2D eigenvalue weighted by Gasteiger charge is -2.09. The maximum atomic E-state index is 5.26. The number of methoxy groups -OCH3 is 1. The van der Waals surface area contributed by atoms with Gasteiger partial charge in [0.05, 0.1) is 25.6 Å².